The van der Waals surface area contributed by atoms with Crippen molar-refractivity contribution in [2.24, 2.45) is 0 Å². The zero-order valence-electron chi connectivity index (χ0n) is 14.7. The fourth-order valence-electron chi connectivity index (χ4n) is 2.55. The Morgan fingerprint density at radius 1 is 1.15 bits per heavy atom. The molecule has 0 aliphatic rings. The second-order valence-corrected chi connectivity index (χ2v) is 5.53. The van der Waals surface area contributed by atoms with Gasteiger partial charge < -0.3 is 24.4 Å². The summed E-state index contributed by atoms with van der Waals surface area (Å²) in [4.78, 5) is 12.3. The minimum atomic E-state index is -0.826. The van der Waals surface area contributed by atoms with E-state index in [9.17, 15) is 15.0 Å². The second kappa shape index (κ2) is 9.65. The Labute approximate surface area is 152 Å². The van der Waals surface area contributed by atoms with Crippen LogP contribution in [0.4, 0.5) is 10.5 Å². The highest BCUT2D eigenvalue weighted by molar-refractivity contribution is 5.84. The van der Waals surface area contributed by atoms with E-state index in [1.807, 2.05) is 6.07 Å². The maximum Gasteiger partial charge on any atom is 0.412 e. The number of anilines is 1. The Balaban J connectivity index is 2.23. The standard InChI is InChI=1S/C19H23NO6/c1-24-16-9-8-13(12-15(16)22)18(17(25-2)10-11-21)26-19(23)20-14-6-4-3-5-7-14/h3-9,12,17-18,21-22H,10-11H2,1-2H3,(H,20,23)/t17-,18-/m0/s1. The lowest BCUT2D eigenvalue weighted by Crippen LogP contribution is -2.28. The fraction of sp³-hybridized carbons (Fsp3) is 0.316. The number of benzene rings is 2. The highest BCUT2D eigenvalue weighted by Crippen LogP contribution is 2.33. The molecule has 0 aliphatic heterocycles. The van der Waals surface area contributed by atoms with Crippen LogP contribution in [0.5, 0.6) is 11.5 Å². The van der Waals surface area contributed by atoms with Crippen LogP contribution in [-0.4, -0.2) is 43.2 Å². The molecule has 0 aliphatic carbocycles. The van der Waals surface area contributed by atoms with E-state index in [2.05, 4.69) is 5.32 Å². The second-order valence-electron chi connectivity index (χ2n) is 5.53. The molecule has 7 heteroatoms. The largest absolute Gasteiger partial charge is 0.504 e. The quantitative estimate of drug-likeness (QED) is 0.668. The van der Waals surface area contributed by atoms with Gasteiger partial charge in [0.05, 0.1) is 7.11 Å². The number of aliphatic hydroxyl groups is 1. The molecule has 7 nitrogen and oxygen atoms in total. The summed E-state index contributed by atoms with van der Waals surface area (Å²) in [5.74, 6) is 0.221. The molecule has 0 heterocycles. The van der Waals surface area contributed by atoms with E-state index in [0.29, 0.717) is 17.0 Å². The molecule has 2 atom stereocenters. The SMILES string of the molecule is COc1ccc([C@H](OC(=O)Nc2ccccc2)[C@H](CCO)OC)cc1O. The van der Waals surface area contributed by atoms with Gasteiger partial charge in [-0.15, -0.1) is 0 Å². The van der Waals surface area contributed by atoms with Gasteiger partial charge >= 0.3 is 6.09 Å². The molecule has 0 fully saturated rings. The van der Waals surface area contributed by atoms with Gasteiger partial charge in [0.2, 0.25) is 0 Å². The summed E-state index contributed by atoms with van der Waals surface area (Å²) in [6, 6.07) is 13.6. The summed E-state index contributed by atoms with van der Waals surface area (Å²) in [7, 11) is 2.91. The Bertz CT molecular complexity index is 706. The van der Waals surface area contributed by atoms with Crippen LogP contribution in [0, 0.1) is 0 Å². The van der Waals surface area contributed by atoms with Crippen LogP contribution in [-0.2, 0) is 9.47 Å². The molecule has 0 bridgehead atoms. The molecule has 2 aromatic rings. The van der Waals surface area contributed by atoms with Crippen molar-refractivity contribution in [3.8, 4) is 11.5 Å². The molecule has 2 rings (SSSR count). The monoisotopic (exact) mass is 361 g/mol. The fourth-order valence-corrected chi connectivity index (χ4v) is 2.55. The first kappa shape index (κ1) is 19.6. The molecule has 3 N–H and O–H groups in total. The van der Waals surface area contributed by atoms with Crippen LogP contribution in [0.3, 0.4) is 0 Å². The number of aliphatic hydroxyl groups excluding tert-OH is 1. The zero-order valence-corrected chi connectivity index (χ0v) is 14.7. The number of para-hydroxylation sites is 1. The van der Waals surface area contributed by atoms with Crippen molar-refractivity contribution in [2.45, 2.75) is 18.6 Å². The van der Waals surface area contributed by atoms with Gasteiger partial charge in [0.1, 0.15) is 6.10 Å². The number of amides is 1. The number of rotatable bonds is 8. The first-order valence-corrected chi connectivity index (χ1v) is 8.12. The number of methoxy groups -OCH3 is 2. The maximum atomic E-state index is 12.3. The summed E-state index contributed by atoms with van der Waals surface area (Å²) >= 11 is 0. The molecule has 0 saturated carbocycles. The molecule has 1 amide bonds. The lowest BCUT2D eigenvalue weighted by molar-refractivity contribution is -0.0306. The third-order valence-electron chi connectivity index (χ3n) is 3.84. The molecule has 0 unspecified atom stereocenters. The summed E-state index contributed by atoms with van der Waals surface area (Å²) in [5.41, 5.74) is 1.11. The van der Waals surface area contributed by atoms with E-state index in [1.165, 1.54) is 20.3 Å². The highest BCUT2D eigenvalue weighted by Gasteiger charge is 2.28. The Morgan fingerprint density at radius 2 is 1.88 bits per heavy atom. The molecule has 0 saturated heterocycles. The summed E-state index contributed by atoms with van der Waals surface area (Å²) in [6.07, 6.45) is -1.83. The van der Waals surface area contributed by atoms with E-state index in [-0.39, 0.29) is 18.8 Å². The number of hydrogen-bond acceptors (Lipinski definition) is 6. The minimum absolute atomic E-state index is 0.0825. The van der Waals surface area contributed by atoms with E-state index in [4.69, 9.17) is 14.2 Å². The highest BCUT2D eigenvalue weighted by atomic mass is 16.6. The summed E-state index contributed by atoms with van der Waals surface area (Å²) in [6.45, 7) is -0.138. The number of carbonyl (C=O) groups is 1. The average molecular weight is 361 g/mol. The molecule has 2 aromatic carbocycles. The van der Waals surface area contributed by atoms with Crippen LogP contribution in [0.2, 0.25) is 0 Å². The van der Waals surface area contributed by atoms with Crippen LogP contribution in [0.1, 0.15) is 18.1 Å². The number of ether oxygens (including phenoxy) is 3. The van der Waals surface area contributed by atoms with Crippen LogP contribution < -0.4 is 10.1 Å². The lowest BCUT2D eigenvalue weighted by atomic mass is 10.0. The Morgan fingerprint density at radius 3 is 2.46 bits per heavy atom. The Kier molecular flexibility index (Phi) is 7.25. The van der Waals surface area contributed by atoms with E-state index in [0.717, 1.165) is 0 Å². The van der Waals surface area contributed by atoms with Gasteiger partial charge in [0.25, 0.3) is 0 Å². The maximum absolute atomic E-state index is 12.3. The van der Waals surface area contributed by atoms with Crippen molar-refractivity contribution < 1.29 is 29.2 Å². The van der Waals surface area contributed by atoms with E-state index >= 15 is 0 Å². The van der Waals surface area contributed by atoms with Crippen molar-refractivity contribution in [1.82, 2.24) is 0 Å². The van der Waals surface area contributed by atoms with Gasteiger partial charge in [-0.3, -0.25) is 5.32 Å². The third kappa shape index (κ3) is 5.11. The van der Waals surface area contributed by atoms with Crippen molar-refractivity contribution >= 4 is 11.8 Å². The number of phenols is 1. The predicted molar refractivity (Wildman–Crippen MR) is 96.4 cm³/mol. The first-order chi connectivity index (χ1) is 12.6. The van der Waals surface area contributed by atoms with E-state index < -0.39 is 18.3 Å². The minimum Gasteiger partial charge on any atom is -0.504 e. The summed E-state index contributed by atoms with van der Waals surface area (Å²) < 4.78 is 15.9. The van der Waals surface area contributed by atoms with E-state index in [1.54, 1.807) is 36.4 Å². The molecule has 26 heavy (non-hydrogen) atoms. The van der Waals surface area contributed by atoms with Crippen LogP contribution in [0.15, 0.2) is 48.5 Å². The smallest absolute Gasteiger partial charge is 0.412 e. The predicted octanol–water partition coefficient (Wildman–Crippen LogP) is 3.09. The van der Waals surface area contributed by atoms with Gasteiger partial charge in [0, 0.05) is 25.8 Å². The number of aromatic hydroxyl groups is 1. The van der Waals surface area contributed by atoms with Crippen LogP contribution >= 0.6 is 0 Å². The summed E-state index contributed by atoms with van der Waals surface area (Å²) in [5, 5.41) is 21.9. The van der Waals surface area contributed by atoms with Gasteiger partial charge in [-0.25, -0.2) is 4.79 Å². The molecule has 0 spiro atoms. The number of phenolic OH excluding ortho intramolecular Hbond substituents is 1. The molecule has 140 valence electrons. The molecule has 0 aromatic heterocycles. The van der Waals surface area contributed by atoms with Crippen molar-refractivity contribution in [2.75, 3.05) is 26.1 Å². The molecular weight excluding hydrogens is 338 g/mol. The van der Waals surface area contributed by atoms with Crippen LogP contribution in [0.25, 0.3) is 0 Å². The van der Waals surface area contributed by atoms with Gasteiger partial charge in [-0.1, -0.05) is 24.3 Å². The zero-order chi connectivity index (χ0) is 18.9. The molecular formula is C19H23NO6. The average Bonchev–Trinajstić information content (AvgIpc) is 2.65. The van der Waals surface area contributed by atoms with Crippen molar-refractivity contribution in [3.63, 3.8) is 0 Å². The Hall–Kier alpha value is -2.77. The molecule has 0 radical (unpaired) electrons. The van der Waals surface area contributed by atoms with Gasteiger partial charge in [0.15, 0.2) is 17.6 Å². The normalized spacial score (nSPS) is 12.9. The number of hydrogen-bond donors (Lipinski definition) is 3. The lowest BCUT2D eigenvalue weighted by Gasteiger charge is -2.26. The van der Waals surface area contributed by atoms with Crippen molar-refractivity contribution in [3.05, 3.63) is 54.1 Å². The first-order valence-electron chi connectivity index (χ1n) is 8.12. The topological polar surface area (TPSA) is 97.3 Å². The number of carbonyl (C=O) groups excluding carboxylic acids is 1. The van der Waals surface area contributed by atoms with Crippen molar-refractivity contribution in [1.29, 1.82) is 0 Å². The van der Waals surface area contributed by atoms with Gasteiger partial charge in [-0.05, 0) is 29.8 Å². The van der Waals surface area contributed by atoms with Gasteiger partial charge in [-0.2, -0.15) is 0 Å². The third-order valence-corrected chi connectivity index (χ3v) is 3.84. The number of nitrogens with one attached hydrogen (secondary N) is 1.